The van der Waals surface area contributed by atoms with Gasteiger partial charge < -0.3 is 0 Å². The van der Waals surface area contributed by atoms with Crippen LogP contribution in [-0.2, 0) is 6.42 Å². The number of hydrogen-bond donors (Lipinski definition) is 0. The Hall–Kier alpha value is -0.190. The van der Waals surface area contributed by atoms with Crippen molar-refractivity contribution in [3.63, 3.8) is 0 Å². The van der Waals surface area contributed by atoms with Gasteiger partial charge in [0.05, 0.1) is 8.61 Å². The van der Waals surface area contributed by atoms with Crippen LogP contribution in [0.1, 0.15) is 20.8 Å². The molecule has 0 saturated heterocycles. The summed E-state index contributed by atoms with van der Waals surface area (Å²) >= 11 is 9.09. The molecular formula is C12H11Br2NS. The van der Waals surface area contributed by atoms with E-state index < -0.39 is 0 Å². The summed E-state index contributed by atoms with van der Waals surface area (Å²) in [6.07, 6.45) is 4.67. The zero-order valence-electron chi connectivity index (χ0n) is 8.78. The van der Waals surface area contributed by atoms with E-state index >= 15 is 0 Å². The molecule has 0 radical (unpaired) electrons. The van der Waals surface area contributed by atoms with Gasteiger partial charge in [-0.25, -0.2) is 0 Å². The van der Waals surface area contributed by atoms with Gasteiger partial charge in [-0.15, -0.1) is 11.3 Å². The second kappa shape index (κ2) is 5.43. The number of aryl methyl sites for hydroxylation is 1. The highest BCUT2D eigenvalue weighted by atomic mass is 79.9. The van der Waals surface area contributed by atoms with Crippen molar-refractivity contribution in [1.29, 1.82) is 0 Å². The second-order valence-corrected chi connectivity index (χ2v) is 7.14. The van der Waals surface area contributed by atoms with Gasteiger partial charge in [-0.3, -0.25) is 4.98 Å². The van der Waals surface area contributed by atoms with E-state index in [-0.39, 0.29) is 0 Å². The number of halogens is 2. The van der Waals surface area contributed by atoms with Gasteiger partial charge in [0.2, 0.25) is 0 Å². The highest BCUT2D eigenvalue weighted by Crippen LogP contribution is 2.36. The molecule has 0 aliphatic carbocycles. The van der Waals surface area contributed by atoms with Gasteiger partial charge in [-0.1, -0.05) is 15.9 Å². The molecule has 0 saturated carbocycles. The van der Waals surface area contributed by atoms with Crippen LogP contribution in [0.5, 0.6) is 0 Å². The van der Waals surface area contributed by atoms with Gasteiger partial charge in [0.25, 0.3) is 0 Å². The van der Waals surface area contributed by atoms with Gasteiger partial charge in [0, 0.05) is 17.3 Å². The van der Waals surface area contributed by atoms with Gasteiger partial charge in [0.1, 0.15) is 0 Å². The largest absolute Gasteiger partial charge is 0.265 e. The highest BCUT2D eigenvalue weighted by Gasteiger charge is 2.12. The zero-order chi connectivity index (χ0) is 11.5. The molecule has 4 heteroatoms. The summed E-state index contributed by atoms with van der Waals surface area (Å²) in [5.74, 6) is 0. The molecule has 0 aliphatic rings. The van der Waals surface area contributed by atoms with Crippen LogP contribution >= 0.6 is 43.2 Å². The molecule has 0 amide bonds. The molecule has 0 aromatic carbocycles. The van der Waals surface area contributed by atoms with Crippen LogP contribution in [0.4, 0.5) is 0 Å². The molecule has 0 spiro atoms. The predicted molar refractivity (Wildman–Crippen MR) is 76.4 cm³/mol. The lowest BCUT2D eigenvalue weighted by Crippen LogP contribution is -1.92. The molecule has 0 bridgehead atoms. The molecule has 0 aliphatic heterocycles. The van der Waals surface area contributed by atoms with E-state index in [4.69, 9.17) is 0 Å². The Bertz CT molecular complexity index is 448. The third-order valence-electron chi connectivity index (χ3n) is 2.35. The Balaban J connectivity index is 2.11. The minimum absolute atomic E-state index is 0.380. The van der Waals surface area contributed by atoms with E-state index in [0.717, 1.165) is 6.42 Å². The average Bonchev–Trinajstić information content (AvgIpc) is 2.61. The van der Waals surface area contributed by atoms with Gasteiger partial charge in [-0.2, -0.15) is 0 Å². The summed E-state index contributed by atoms with van der Waals surface area (Å²) in [6.45, 7) is 2.12. The van der Waals surface area contributed by atoms with Crippen LogP contribution in [0.2, 0.25) is 0 Å². The van der Waals surface area contributed by atoms with Crippen molar-refractivity contribution in [3.8, 4) is 0 Å². The Morgan fingerprint density at radius 1 is 1.38 bits per heavy atom. The van der Waals surface area contributed by atoms with E-state index in [0.29, 0.717) is 4.83 Å². The summed E-state index contributed by atoms with van der Waals surface area (Å²) < 4.78 is 1.22. The molecule has 2 heterocycles. The maximum absolute atomic E-state index is 4.02. The summed E-state index contributed by atoms with van der Waals surface area (Å²) in [6, 6.07) is 6.35. The molecule has 1 unspecified atom stereocenters. The first-order valence-electron chi connectivity index (χ1n) is 4.95. The molecule has 0 N–H and O–H groups in total. The summed E-state index contributed by atoms with van der Waals surface area (Å²) in [5.41, 5.74) is 2.61. The van der Waals surface area contributed by atoms with Gasteiger partial charge >= 0.3 is 0 Å². The second-order valence-electron chi connectivity index (χ2n) is 3.63. The molecule has 1 nitrogen and oxygen atoms in total. The van der Waals surface area contributed by atoms with Crippen LogP contribution in [-0.4, -0.2) is 4.98 Å². The minimum Gasteiger partial charge on any atom is -0.265 e. The first-order chi connectivity index (χ1) is 7.66. The third kappa shape index (κ3) is 2.93. The number of nitrogens with zero attached hydrogens (tertiary/aromatic N) is 1. The van der Waals surface area contributed by atoms with E-state index in [1.807, 2.05) is 12.4 Å². The van der Waals surface area contributed by atoms with Crippen LogP contribution in [0.3, 0.4) is 0 Å². The van der Waals surface area contributed by atoms with Crippen molar-refractivity contribution >= 4 is 43.2 Å². The Morgan fingerprint density at radius 3 is 2.62 bits per heavy atom. The molecule has 1 atom stereocenters. The Labute approximate surface area is 116 Å². The van der Waals surface area contributed by atoms with Crippen molar-refractivity contribution in [2.75, 3.05) is 0 Å². The topological polar surface area (TPSA) is 12.9 Å². The molecule has 16 heavy (non-hydrogen) atoms. The van der Waals surface area contributed by atoms with Crippen LogP contribution < -0.4 is 0 Å². The fraction of sp³-hybridized carbons (Fsp3) is 0.250. The summed E-state index contributed by atoms with van der Waals surface area (Å²) in [5, 5.41) is 0. The Morgan fingerprint density at radius 2 is 2.06 bits per heavy atom. The van der Waals surface area contributed by atoms with Gasteiger partial charge in [0.15, 0.2) is 0 Å². The predicted octanol–water partition coefficient (Wildman–Crippen LogP) is 4.89. The van der Waals surface area contributed by atoms with Crippen LogP contribution in [0.15, 0.2) is 34.4 Å². The standard InChI is InChI=1S/C12H11Br2NS/c1-8-6-11(16-12(8)14)10(13)7-9-2-4-15-5-3-9/h2-6,10H,7H2,1H3. The van der Waals surface area contributed by atoms with Crippen molar-refractivity contribution in [2.45, 2.75) is 18.2 Å². The molecule has 2 rings (SSSR count). The Kier molecular flexibility index (Phi) is 4.16. The zero-order valence-corrected chi connectivity index (χ0v) is 12.8. The SMILES string of the molecule is Cc1cc(C(Br)Cc2ccncc2)sc1Br. The summed E-state index contributed by atoms with van der Waals surface area (Å²) in [4.78, 5) is 5.77. The number of aromatic nitrogens is 1. The molecule has 2 aromatic rings. The molecular weight excluding hydrogens is 350 g/mol. The first kappa shape index (κ1) is 12.3. The number of thiophene rings is 1. The van der Waals surface area contributed by atoms with Crippen LogP contribution in [0, 0.1) is 6.92 Å². The normalized spacial score (nSPS) is 12.7. The number of hydrogen-bond acceptors (Lipinski definition) is 2. The summed E-state index contributed by atoms with van der Waals surface area (Å²) in [7, 11) is 0. The van der Waals surface area contributed by atoms with Gasteiger partial charge in [-0.05, 0) is 58.6 Å². The highest BCUT2D eigenvalue weighted by molar-refractivity contribution is 9.11. The van der Waals surface area contributed by atoms with Crippen molar-refractivity contribution in [3.05, 3.63) is 50.4 Å². The molecule has 0 fully saturated rings. The van der Waals surface area contributed by atoms with Crippen LogP contribution in [0.25, 0.3) is 0 Å². The van der Waals surface area contributed by atoms with Crippen molar-refractivity contribution in [1.82, 2.24) is 4.98 Å². The molecule has 84 valence electrons. The lowest BCUT2D eigenvalue weighted by molar-refractivity contribution is 0.963. The quantitative estimate of drug-likeness (QED) is 0.710. The van der Waals surface area contributed by atoms with Crippen molar-refractivity contribution < 1.29 is 0 Å². The van der Waals surface area contributed by atoms with E-state index in [1.54, 1.807) is 11.3 Å². The monoisotopic (exact) mass is 359 g/mol. The molecule has 2 aromatic heterocycles. The number of pyridine rings is 1. The smallest absolute Gasteiger partial charge is 0.0730 e. The third-order valence-corrected chi connectivity index (χ3v) is 5.72. The number of alkyl halides is 1. The van der Waals surface area contributed by atoms with E-state index in [1.165, 1.54) is 19.8 Å². The minimum atomic E-state index is 0.380. The van der Waals surface area contributed by atoms with Crippen molar-refractivity contribution in [2.24, 2.45) is 0 Å². The fourth-order valence-corrected chi connectivity index (χ4v) is 3.80. The number of rotatable bonds is 3. The maximum atomic E-state index is 4.02. The fourth-order valence-electron chi connectivity index (χ4n) is 1.46. The average molecular weight is 361 g/mol. The lowest BCUT2D eigenvalue weighted by atomic mass is 10.1. The lowest BCUT2D eigenvalue weighted by Gasteiger charge is -2.06. The maximum Gasteiger partial charge on any atom is 0.0730 e. The van der Waals surface area contributed by atoms with E-state index in [2.05, 4.69) is 62.0 Å². The van der Waals surface area contributed by atoms with E-state index in [9.17, 15) is 0 Å². The first-order valence-corrected chi connectivity index (χ1v) is 7.48.